The average molecular weight is 329 g/mol. The van der Waals surface area contributed by atoms with E-state index in [4.69, 9.17) is 13.8 Å². The van der Waals surface area contributed by atoms with Crippen LogP contribution in [0.3, 0.4) is 0 Å². The lowest BCUT2D eigenvalue weighted by atomic mass is 9.88. The van der Waals surface area contributed by atoms with E-state index in [9.17, 15) is 4.57 Å². The van der Waals surface area contributed by atoms with Crippen LogP contribution in [-0.2, 0) is 13.6 Å². The summed E-state index contributed by atoms with van der Waals surface area (Å²) in [6, 6.07) is 7.52. The second-order valence-electron chi connectivity index (χ2n) is 6.34. The smallest absolute Gasteiger partial charge is 0.351 e. The molecule has 0 saturated carbocycles. The maximum absolute atomic E-state index is 12.9. The molecule has 1 aromatic rings. The summed E-state index contributed by atoms with van der Waals surface area (Å²) in [5.41, 5.74) is 0.848. The fourth-order valence-corrected chi connectivity index (χ4v) is 3.44. The van der Waals surface area contributed by atoms with Gasteiger partial charge in [0.1, 0.15) is 11.5 Å². The molecule has 0 radical (unpaired) electrons. The van der Waals surface area contributed by atoms with Crippen LogP contribution in [0.4, 0.5) is 0 Å². The molecule has 0 saturated heterocycles. The molecule has 0 aromatic heterocycles. The summed E-state index contributed by atoms with van der Waals surface area (Å²) in [4.78, 5) is 0. The Morgan fingerprint density at radius 2 is 1.55 bits per heavy atom. The molecule has 2 atom stereocenters. The lowest BCUT2D eigenvalue weighted by molar-refractivity contribution is 0.233. The molecule has 1 rings (SSSR count). The zero-order chi connectivity index (χ0) is 17.0. The minimum Gasteiger partial charge on any atom is -0.497 e. The van der Waals surface area contributed by atoms with Crippen LogP contribution >= 0.6 is 7.60 Å². The fourth-order valence-electron chi connectivity index (χ4n) is 1.93. The minimum atomic E-state index is -3.31. The van der Waals surface area contributed by atoms with Gasteiger partial charge >= 0.3 is 7.60 Å². The van der Waals surface area contributed by atoms with Gasteiger partial charge in [-0.25, -0.2) is 0 Å². The van der Waals surface area contributed by atoms with E-state index in [0.29, 0.717) is 0 Å². The molecule has 0 bridgehead atoms. The number of benzene rings is 1. The van der Waals surface area contributed by atoms with Gasteiger partial charge in [-0.1, -0.05) is 32.9 Å². The van der Waals surface area contributed by atoms with E-state index in [1.807, 2.05) is 24.3 Å². The quantitative estimate of drug-likeness (QED) is 0.760. The topological polar surface area (TPSA) is 56.8 Å². The van der Waals surface area contributed by atoms with Crippen LogP contribution in [0.1, 0.15) is 39.0 Å². The molecule has 0 fully saturated rings. The average Bonchev–Trinajstić information content (AvgIpc) is 2.50. The Bertz CT molecular complexity index is 502. The first-order valence-corrected chi connectivity index (χ1v) is 8.90. The summed E-state index contributed by atoms with van der Waals surface area (Å²) < 4.78 is 28.5. The third kappa shape index (κ3) is 4.56. The Kier molecular flexibility index (Phi) is 6.63. The van der Waals surface area contributed by atoms with Crippen molar-refractivity contribution < 1.29 is 18.3 Å². The Morgan fingerprint density at radius 1 is 1.05 bits per heavy atom. The number of hydrogen-bond acceptors (Lipinski definition) is 5. The molecular weight excluding hydrogens is 301 g/mol. The van der Waals surface area contributed by atoms with Crippen molar-refractivity contribution in [2.24, 2.45) is 5.41 Å². The van der Waals surface area contributed by atoms with Crippen molar-refractivity contribution in [3.8, 4) is 5.75 Å². The van der Waals surface area contributed by atoms with Crippen molar-refractivity contribution in [2.45, 2.75) is 39.5 Å². The molecule has 0 heterocycles. The molecule has 0 spiro atoms. The molecule has 0 aliphatic heterocycles. The Hall–Kier alpha value is -0.870. The van der Waals surface area contributed by atoms with Crippen molar-refractivity contribution >= 4 is 7.60 Å². The van der Waals surface area contributed by atoms with E-state index in [1.165, 1.54) is 14.2 Å². The van der Waals surface area contributed by atoms with Crippen LogP contribution in [0.2, 0.25) is 0 Å². The standard InChI is InChI=1S/C16H28NO4P/c1-12(16(2,3)4)17-15(22(18,20-6)21-7)13-8-10-14(19-5)11-9-13/h8-12,15,17H,1-7H3/t12-,15-/m0/s1. The van der Waals surface area contributed by atoms with Crippen LogP contribution in [0.5, 0.6) is 5.75 Å². The molecule has 126 valence electrons. The Morgan fingerprint density at radius 3 is 1.91 bits per heavy atom. The molecule has 0 aliphatic carbocycles. The van der Waals surface area contributed by atoms with Gasteiger partial charge in [0.2, 0.25) is 0 Å². The third-order valence-corrected chi connectivity index (χ3v) is 6.06. The van der Waals surface area contributed by atoms with Crippen molar-refractivity contribution in [1.82, 2.24) is 5.32 Å². The van der Waals surface area contributed by atoms with Gasteiger partial charge in [-0.2, -0.15) is 0 Å². The van der Waals surface area contributed by atoms with Gasteiger partial charge in [0.15, 0.2) is 0 Å². The normalized spacial score (nSPS) is 15.4. The van der Waals surface area contributed by atoms with Gasteiger partial charge in [-0.3, -0.25) is 9.88 Å². The summed E-state index contributed by atoms with van der Waals surface area (Å²) in [6.07, 6.45) is 0. The van der Waals surface area contributed by atoms with Gasteiger partial charge in [0, 0.05) is 20.3 Å². The van der Waals surface area contributed by atoms with Gasteiger partial charge in [0.05, 0.1) is 7.11 Å². The largest absolute Gasteiger partial charge is 0.497 e. The summed E-state index contributed by atoms with van der Waals surface area (Å²) in [5.74, 6) is 0.207. The van der Waals surface area contributed by atoms with Crippen molar-refractivity contribution in [2.75, 3.05) is 21.3 Å². The molecule has 1 aromatic carbocycles. The van der Waals surface area contributed by atoms with E-state index in [2.05, 4.69) is 33.0 Å². The first-order chi connectivity index (χ1) is 10.2. The van der Waals surface area contributed by atoms with Gasteiger partial charge in [-0.05, 0) is 30.0 Å². The lowest BCUT2D eigenvalue weighted by Crippen LogP contribution is -2.40. The van der Waals surface area contributed by atoms with Crippen molar-refractivity contribution in [3.05, 3.63) is 29.8 Å². The van der Waals surface area contributed by atoms with Crippen molar-refractivity contribution in [3.63, 3.8) is 0 Å². The molecule has 22 heavy (non-hydrogen) atoms. The first kappa shape index (κ1) is 19.2. The van der Waals surface area contributed by atoms with Gasteiger partial charge in [0.25, 0.3) is 0 Å². The zero-order valence-electron chi connectivity index (χ0n) is 14.5. The van der Waals surface area contributed by atoms with Crippen LogP contribution in [0.25, 0.3) is 0 Å². The Balaban J connectivity index is 3.18. The molecular formula is C16H28NO4P. The fraction of sp³-hybridized carbons (Fsp3) is 0.625. The second kappa shape index (κ2) is 7.60. The summed E-state index contributed by atoms with van der Waals surface area (Å²) >= 11 is 0. The van der Waals surface area contributed by atoms with E-state index in [-0.39, 0.29) is 11.5 Å². The highest BCUT2D eigenvalue weighted by Gasteiger charge is 2.38. The minimum absolute atomic E-state index is 0.0109. The lowest BCUT2D eigenvalue weighted by Gasteiger charge is -2.34. The van der Waals surface area contributed by atoms with E-state index < -0.39 is 13.4 Å². The highest BCUT2D eigenvalue weighted by Crippen LogP contribution is 2.59. The maximum Gasteiger partial charge on any atom is 0.351 e. The predicted molar refractivity (Wildman–Crippen MR) is 89.4 cm³/mol. The monoisotopic (exact) mass is 329 g/mol. The number of methoxy groups -OCH3 is 1. The van der Waals surface area contributed by atoms with Crippen LogP contribution < -0.4 is 10.1 Å². The molecule has 0 amide bonds. The number of nitrogens with one attached hydrogen (secondary N) is 1. The van der Waals surface area contributed by atoms with E-state index in [0.717, 1.165) is 11.3 Å². The molecule has 1 N–H and O–H groups in total. The predicted octanol–water partition coefficient (Wildman–Crippen LogP) is 4.20. The molecule has 6 heteroatoms. The summed E-state index contributed by atoms with van der Waals surface area (Å²) in [6.45, 7) is 8.44. The van der Waals surface area contributed by atoms with Crippen LogP contribution in [-0.4, -0.2) is 27.4 Å². The van der Waals surface area contributed by atoms with Crippen LogP contribution in [0, 0.1) is 5.41 Å². The van der Waals surface area contributed by atoms with Gasteiger partial charge in [-0.15, -0.1) is 0 Å². The number of ether oxygens (including phenoxy) is 1. The van der Waals surface area contributed by atoms with E-state index >= 15 is 0 Å². The summed E-state index contributed by atoms with van der Waals surface area (Å²) in [7, 11) is 1.11. The van der Waals surface area contributed by atoms with Gasteiger partial charge < -0.3 is 13.8 Å². The highest BCUT2D eigenvalue weighted by atomic mass is 31.2. The molecule has 5 nitrogen and oxygen atoms in total. The number of hydrogen-bond donors (Lipinski definition) is 1. The SMILES string of the molecule is COc1ccc([C@@H](N[C@@H](C)C(C)(C)C)P(=O)(OC)OC)cc1. The molecule has 0 unspecified atom stereocenters. The van der Waals surface area contributed by atoms with E-state index in [1.54, 1.807) is 7.11 Å². The van der Waals surface area contributed by atoms with Crippen LogP contribution in [0.15, 0.2) is 24.3 Å². The maximum atomic E-state index is 12.9. The van der Waals surface area contributed by atoms with Crippen molar-refractivity contribution in [1.29, 1.82) is 0 Å². The highest BCUT2D eigenvalue weighted by molar-refractivity contribution is 7.54. The second-order valence-corrected chi connectivity index (χ2v) is 8.66. The Labute approximate surface area is 133 Å². The number of rotatable bonds is 7. The zero-order valence-corrected chi connectivity index (χ0v) is 15.4. The first-order valence-electron chi connectivity index (χ1n) is 7.29. The molecule has 0 aliphatic rings. The third-order valence-electron chi connectivity index (χ3n) is 3.96. The summed E-state index contributed by atoms with van der Waals surface area (Å²) in [5, 5.41) is 3.40.